The third-order valence-electron chi connectivity index (χ3n) is 2.62. The molecule has 0 aliphatic carbocycles. The van der Waals surface area contributed by atoms with E-state index in [-0.39, 0.29) is 19.1 Å². The summed E-state index contributed by atoms with van der Waals surface area (Å²) >= 11 is 0. The van der Waals surface area contributed by atoms with Gasteiger partial charge in [-0.3, -0.25) is 4.79 Å². The Morgan fingerprint density at radius 1 is 1.61 bits per heavy atom. The first-order valence-corrected chi connectivity index (χ1v) is 6.18. The van der Waals surface area contributed by atoms with Crippen LogP contribution in [0.15, 0.2) is 12.4 Å². The number of H-pyrrole nitrogens is 1. The minimum Gasteiger partial charge on any atom is -0.395 e. The van der Waals surface area contributed by atoms with Crippen molar-refractivity contribution in [2.75, 3.05) is 13.2 Å². The molecule has 1 aromatic heterocycles. The number of aliphatic hydroxyl groups excluding tert-OH is 1. The number of nitrogens with two attached hydrogens (primary N) is 1. The second-order valence-electron chi connectivity index (χ2n) is 4.76. The number of nitrogens with one attached hydrogen (secondary N) is 1. The Morgan fingerprint density at radius 3 is 2.83 bits per heavy atom. The third-order valence-corrected chi connectivity index (χ3v) is 2.62. The van der Waals surface area contributed by atoms with Crippen molar-refractivity contribution in [3.8, 4) is 0 Å². The van der Waals surface area contributed by atoms with Crippen molar-refractivity contribution >= 4 is 5.91 Å². The van der Waals surface area contributed by atoms with E-state index in [4.69, 9.17) is 10.8 Å². The molecule has 1 amide bonds. The second-order valence-corrected chi connectivity index (χ2v) is 4.76. The number of nitrogens with zero attached hydrogens (tertiary/aromatic N) is 2. The number of aromatic amines is 1. The fourth-order valence-corrected chi connectivity index (χ4v) is 1.80. The van der Waals surface area contributed by atoms with Crippen molar-refractivity contribution in [2.45, 2.75) is 32.9 Å². The molecule has 0 saturated carbocycles. The number of aliphatic hydroxyl groups is 1. The lowest BCUT2D eigenvalue weighted by Crippen LogP contribution is -2.45. The maximum absolute atomic E-state index is 12.1. The van der Waals surface area contributed by atoms with Gasteiger partial charge in [0.2, 0.25) is 5.91 Å². The van der Waals surface area contributed by atoms with E-state index in [1.165, 1.54) is 4.90 Å². The number of amides is 1. The van der Waals surface area contributed by atoms with Crippen LogP contribution in [0.1, 0.15) is 26.1 Å². The van der Waals surface area contributed by atoms with Crippen molar-refractivity contribution in [1.29, 1.82) is 0 Å². The monoisotopic (exact) mass is 254 g/mol. The molecule has 0 aromatic carbocycles. The first-order chi connectivity index (χ1) is 8.54. The highest BCUT2D eigenvalue weighted by Crippen LogP contribution is 2.07. The standard InChI is InChI=1S/C12H22N4O2/c1-9(2)7-10(13)12(18)16(5-6-17)8-11-14-3-4-15-11/h3-4,9-10,17H,5-8,13H2,1-2H3,(H,14,15)/t10-/m1/s1. The van der Waals surface area contributed by atoms with Gasteiger partial charge in [-0.25, -0.2) is 4.98 Å². The Hall–Kier alpha value is -1.40. The van der Waals surface area contributed by atoms with E-state index in [0.29, 0.717) is 24.7 Å². The molecule has 0 spiro atoms. The smallest absolute Gasteiger partial charge is 0.239 e. The van der Waals surface area contributed by atoms with E-state index in [9.17, 15) is 4.79 Å². The van der Waals surface area contributed by atoms with Gasteiger partial charge in [-0.05, 0) is 12.3 Å². The molecular formula is C12H22N4O2. The first kappa shape index (κ1) is 14.7. The molecule has 0 bridgehead atoms. The fraction of sp³-hybridized carbons (Fsp3) is 0.667. The molecule has 0 aliphatic rings. The summed E-state index contributed by atoms with van der Waals surface area (Å²) in [4.78, 5) is 20.7. The molecule has 6 heteroatoms. The zero-order chi connectivity index (χ0) is 13.5. The molecule has 1 aromatic rings. The Kier molecular flexibility index (Phi) is 5.80. The van der Waals surface area contributed by atoms with Gasteiger partial charge in [0.1, 0.15) is 5.82 Å². The summed E-state index contributed by atoms with van der Waals surface area (Å²) in [5.41, 5.74) is 5.87. The lowest BCUT2D eigenvalue weighted by atomic mass is 10.0. The van der Waals surface area contributed by atoms with Crippen LogP contribution in [0.3, 0.4) is 0 Å². The predicted octanol–water partition coefficient (Wildman–Crippen LogP) is 0.104. The quantitative estimate of drug-likeness (QED) is 0.643. The van der Waals surface area contributed by atoms with Crippen LogP contribution < -0.4 is 5.73 Å². The van der Waals surface area contributed by atoms with Gasteiger partial charge < -0.3 is 20.7 Å². The summed E-state index contributed by atoms with van der Waals surface area (Å²) in [6, 6.07) is -0.522. The van der Waals surface area contributed by atoms with Crippen LogP contribution in [0, 0.1) is 5.92 Å². The van der Waals surface area contributed by atoms with Crippen molar-refractivity contribution in [3.63, 3.8) is 0 Å². The van der Waals surface area contributed by atoms with Gasteiger partial charge in [0.15, 0.2) is 0 Å². The molecule has 0 unspecified atom stereocenters. The SMILES string of the molecule is CC(C)C[C@@H](N)C(=O)N(CCO)Cc1ncc[nH]1. The highest BCUT2D eigenvalue weighted by Gasteiger charge is 2.22. The number of carbonyl (C=O) groups excluding carboxylic acids is 1. The van der Waals surface area contributed by atoms with Crippen LogP contribution in [-0.2, 0) is 11.3 Å². The van der Waals surface area contributed by atoms with Crippen LogP contribution in [-0.4, -0.2) is 45.1 Å². The second kappa shape index (κ2) is 7.13. The molecule has 0 saturated heterocycles. The summed E-state index contributed by atoms with van der Waals surface area (Å²) in [7, 11) is 0. The summed E-state index contributed by atoms with van der Waals surface area (Å²) in [6.45, 7) is 4.58. The van der Waals surface area contributed by atoms with Gasteiger partial charge in [-0.2, -0.15) is 0 Å². The summed E-state index contributed by atoms with van der Waals surface area (Å²) in [5.74, 6) is 0.909. The lowest BCUT2D eigenvalue weighted by Gasteiger charge is -2.25. The largest absolute Gasteiger partial charge is 0.395 e. The Labute approximate surface area is 107 Å². The predicted molar refractivity (Wildman–Crippen MR) is 68.5 cm³/mol. The van der Waals surface area contributed by atoms with Crippen LogP contribution in [0.4, 0.5) is 0 Å². The van der Waals surface area contributed by atoms with Gasteiger partial charge in [-0.15, -0.1) is 0 Å². The van der Waals surface area contributed by atoms with Gasteiger partial charge in [0.05, 0.1) is 19.2 Å². The van der Waals surface area contributed by atoms with E-state index in [1.807, 2.05) is 13.8 Å². The van der Waals surface area contributed by atoms with Gasteiger partial charge in [0, 0.05) is 18.9 Å². The van der Waals surface area contributed by atoms with Crippen molar-refractivity contribution in [2.24, 2.45) is 11.7 Å². The number of imidazole rings is 1. The van der Waals surface area contributed by atoms with Crippen LogP contribution >= 0.6 is 0 Å². The number of aromatic nitrogens is 2. The van der Waals surface area contributed by atoms with E-state index in [0.717, 1.165) is 0 Å². The summed E-state index contributed by atoms with van der Waals surface area (Å²) < 4.78 is 0. The zero-order valence-corrected chi connectivity index (χ0v) is 11.0. The molecule has 4 N–H and O–H groups in total. The average Bonchev–Trinajstić information content (AvgIpc) is 2.79. The van der Waals surface area contributed by atoms with Crippen LogP contribution in [0.25, 0.3) is 0 Å². The minimum atomic E-state index is -0.522. The summed E-state index contributed by atoms with van der Waals surface area (Å²) in [5, 5.41) is 9.01. The normalized spacial score (nSPS) is 12.7. The maximum Gasteiger partial charge on any atom is 0.239 e. The third kappa shape index (κ3) is 4.46. The average molecular weight is 254 g/mol. The molecule has 102 valence electrons. The Balaban J connectivity index is 2.62. The van der Waals surface area contributed by atoms with Crippen molar-refractivity contribution < 1.29 is 9.90 Å². The molecular weight excluding hydrogens is 232 g/mol. The van der Waals surface area contributed by atoms with Crippen molar-refractivity contribution in [3.05, 3.63) is 18.2 Å². The topological polar surface area (TPSA) is 95.2 Å². The Morgan fingerprint density at radius 2 is 2.33 bits per heavy atom. The lowest BCUT2D eigenvalue weighted by molar-refractivity contribution is -0.134. The fourth-order valence-electron chi connectivity index (χ4n) is 1.80. The highest BCUT2D eigenvalue weighted by molar-refractivity contribution is 5.81. The molecule has 0 fully saturated rings. The Bertz CT molecular complexity index is 351. The van der Waals surface area contributed by atoms with Crippen molar-refractivity contribution in [1.82, 2.24) is 14.9 Å². The van der Waals surface area contributed by atoms with E-state index >= 15 is 0 Å². The van der Waals surface area contributed by atoms with Gasteiger partial charge >= 0.3 is 0 Å². The highest BCUT2D eigenvalue weighted by atomic mass is 16.3. The molecule has 1 rings (SSSR count). The molecule has 0 radical (unpaired) electrons. The molecule has 1 atom stereocenters. The molecule has 0 aliphatic heterocycles. The maximum atomic E-state index is 12.1. The first-order valence-electron chi connectivity index (χ1n) is 6.18. The molecule has 1 heterocycles. The van der Waals surface area contributed by atoms with Gasteiger partial charge in [0.25, 0.3) is 0 Å². The minimum absolute atomic E-state index is 0.0825. The number of rotatable bonds is 7. The molecule has 6 nitrogen and oxygen atoms in total. The van der Waals surface area contributed by atoms with Crippen LogP contribution in [0.2, 0.25) is 0 Å². The zero-order valence-electron chi connectivity index (χ0n) is 11.0. The summed E-state index contributed by atoms with van der Waals surface area (Å²) in [6.07, 6.45) is 3.97. The van der Waals surface area contributed by atoms with Gasteiger partial charge in [-0.1, -0.05) is 13.8 Å². The van der Waals surface area contributed by atoms with E-state index in [1.54, 1.807) is 12.4 Å². The van der Waals surface area contributed by atoms with Crippen LogP contribution in [0.5, 0.6) is 0 Å². The van der Waals surface area contributed by atoms with E-state index < -0.39 is 6.04 Å². The number of carbonyl (C=O) groups is 1. The number of hydrogen-bond donors (Lipinski definition) is 3. The number of hydrogen-bond acceptors (Lipinski definition) is 4. The molecule has 18 heavy (non-hydrogen) atoms. The van der Waals surface area contributed by atoms with E-state index in [2.05, 4.69) is 9.97 Å².